The van der Waals surface area contributed by atoms with Crippen LogP contribution in [0.25, 0.3) is 0 Å². The first kappa shape index (κ1) is 11.6. The molecule has 1 saturated heterocycles. The Kier molecular flexibility index (Phi) is 3.96. The van der Waals surface area contributed by atoms with E-state index >= 15 is 0 Å². The number of ether oxygens (including phenoxy) is 1. The minimum atomic E-state index is 0.0531. The van der Waals surface area contributed by atoms with E-state index in [2.05, 4.69) is 16.7 Å². The van der Waals surface area contributed by atoms with Gasteiger partial charge in [-0.25, -0.2) is 0 Å². The number of rotatable bonds is 3. The van der Waals surface area contributed by atoms with Crippen molar-refractivity contribution >= 4 is 5.91 Å². The number of carbonyl (C=O) groups is 1. The van der Waals surface area contributed by atoms with E-state index in [-0.39, 0.29) is 17.9 Å². The van der Waals surface area contributed by atoms with Gasteiger partial charge in [-0.1, -0.05) is 11.6 Å². The van der Waals surface area contributed by atoms with Crippen LogP contribution in [0.1, 0.15) is 19.8 Å². The van der Waals surface area contributed by atoms with Crippen LogP contribution >= 0.6 is 0 Å². The van der Waals surface area contributed by atoms with Gasteiger partial charge in [-0.15, -0.1) is 0 Å². The van der Waals surface area contributed by atoms with Gasteiger partial charge in [0.15, 0.2) is 0 Å². The average molecular weight is 224 g/mol. The minimum absolute atomic E-state index is 0.0531. The highest BCUT2D eigenvalue weighted by Gasteiger charge is 2.27. The molecule has 0 spiro atoms. The summed E-state index contributed by atoms with van der Waals surface area (Å²) >= 11 is 0. The Labute approximate surface area is 96.4 Å². The normalized spacial score (nSPS) is 29.9. The largest absolute Gasteiger partial charge is 0.378 e. The first-order valence-corrected chi connectivity index (χ1v) is 6.03. The summed E-state index contributed by atoms with van der Waals surface area (Å²) in [5.41, 5.74) is 1.33. The Bertz CT molecular complexity index is 289. The van der Waals surface area contributed by atoms with Crippen molar-refractivity contribution in [1.29, 1.82) is 0 Å². The fourth-order valence-electron chi connectivity index (χ4n) is 2.18. The van der Waals surface area contributed by atoms with Crippen molar-refractivity contribution in [3.05, 3.63) is 11.6 Å². The lowest BCUT2D eigenvalue weighted by Crippen LogP contribution is -2.34. The Morgan fingerprint density at radius 3 is 3.19 bits per heavy atom. The third-order valence-electron chi connectivity index (χ3n) is 3.22. The lowest BCUT2D eigenvalue weighted by Gasteiger charge is -2.15. The fourth-order valence-corrected chi connectivity index (χ4v) is 2.18. The molecule has 0 bridgehead atoms. The van der Waals surface area contributed by atoms with Crippen LogP contribution in [0.4, 0.5) is 0 Å². The highest BCUT2D eigenvalue weighted by molar-refractivity contribution is 5.79. The van der Waals surface area contributed by atoms with Crippen molar-refractivity contribution in [2.45, 2.75) is 25.9 Å². The Hall–Kier alpha value is -0.870. The second kappa shape index (κ2) is 5.46. The molecule has 0 saturated carbocycles. The maximum absolute atomic E-state index is 11.8. The summed E-state index contributed by atoms with van der Waals surface area (Å²) in [6.07, 6.45) is 4.29. The zero-order chi connectivity index (χ0) is 11.4. The Morgan fingerprint density at radius 1 is 1.69 bits per heavy atom. The smallest absolute Gasteiger partial charge is 0.225 e. The number of hydrogen-bond acceptors (Lipinski definition) is 3. The molecular formula is C12H20N2O2. The van der Waals surface area contributed by atoms with Crippen molar-refractivity contribution in [2.75, 3.05) is 26.2 Å². The number of amides is 1. The molecule has 2 heterocycles. The van der Waals surface area contributed by atoms with E-state index in [0.29, 0.717) is 13.2 Å². The van der Waals surface area contributed by atoms with Crippen LogP contribution < -0.4 is 10.6 Å². The molecule has 2 atom stereocenters. The summed E-state index contributed by atoms with van der Waals surface area (Å²) in [4.78, 5) is 11.8. The highest BCUT2D eigenvalue weighted by Crippen LogP contribution is 2.19. The number of hydrogen-bond donors (Lipinski definition) is 2. The maximum atomic E-state index is 11.8. The van der Waals surface area contributed by atoms with Crippen LogP contribution in [-0.4, -0.2) is 38.3 Å². The second-order valence-electron chi connectivity index (χ2n) is 4.61. The summed E-state index contributed by atoms with van der Waals surface area (Å²) in [5.74, 6) is 0.195. The topological polar surface area (TPSA) is 50.4 Å². The standard InChI is InChI=1S/C12H20N2O2/c1-9-6-11(8-16-9)12(15)14-7-10-2-4-13-5-3-10/h2,9,11,13H,3-8H2,1H3,(H,14,15). The summed E-state index contributed by atoms with van der Waals surface area (Å²) in [5, 5.41) is 6.25. The fraction of sp³-hybridized carbons (Fsp3) is 0.750. The van der Waals surface area contributed by atoms with Gasteiger partial charge in [-0.3, -0.25) is 4.79 Å². The van der Waals surface area contributed by atoms with Gasteiger partial charge in [0.1, 0.15) is 0 Å². The van der Waals surface area contributed by atoms with Crippen LogP contribution in [0.5, 0.6) is 0 Å². The third kappa shape index (κ3) is 3.06. The number of carbonyl (C=O) groups excluding carboxylic acids is 1. The van der Waals surface area contributed by atoms with E-state index in [1.54, 1.807) is 0 Å². The van der Waals surface area contributed by atoms with Gasteiger partial charge >= 0.3 is 0 Å². The van der Waals surface area contributed by atoms with Gasteiger partial charge < -0.3 is 15.4 Å². The molecule has 16 heavy (non-hydrogen) atoms. The Balaban J connectivity index is 1.73. The molecule has 1 fully saturated rings. The number of nitrogens with one attached hydrogen (secondary N) is 2. The quantitative estimate of drug-likeness (QED) is 0.684. The highest BCUT2D eigenvalue weighted by atomic mass is 16.5. The molecule has 1 amide bonds. The predicted molar refractivity (Wildman–Crippen MR) is 62.1 cm³/mol. The minimum Gasteiger partial charge on any atom is -0.378 e. The zero-order valence-corrected chi connectivity index (χ0v) is 9.79. The lowest BCUT2D eigenvalue weighted by atomic mass is 10.0. The van der Waals surface area contributed by atoms with Crippen LogP contribution in [0.3, 0.4) is 0 Å². The van der Waals surface area contributed by atoms with E-state index in [0.717, 1.165) is 25.9 Å². The SMILES string of the molecule is CC1CC(C(=O)NCC2=CCNCC2)CO1. The zero-order valence-electron chi connectivity index (χ0n) is 9.79. The van der Waals surface area contributed by atoms with Crippen molar-refractivity contribution < 1.29 is 9.53 Å². The van der Waals surface area contributed by atoms with Crippen molar-refractivity contribution in [1.82, 2.24) is 10.6 Å². The molecule has 0 aromatic carbocycles. The van der Waals surface area contributed by atoms with Gasteiger partial charge in [0.05, 0.1) is 18.6 Å². The van der Waals surface area contributed by atoms with Gasteiger partial charge in [0.2, 0.25) is 5.91 Å². The first-order chi connectivity index (χ1) is 7.75. The van der Waals surface area contributed by atoms with Crippen LogP contribution in [0.2, 0.25) is 0 Å². The molecular weight excluding hydrogens is 204 g/mol. The molecule has 0 radical (unpaired) electrons. The summed E-state index contributed by atoms with van der Waals surface area (Å²) in [7, 11) is 0. The van der Waals surface area contributed by atoms with E-state index in [1.165, 1.54) is 5.57 Å². The van der Waals surface area contributed by atoms with Crippen LogP contribution in [0, 0.1) is 5.92 Å². The molecule has 2 unspecified atom stereocenters. The van der Waals surface area contributed by atoms with Gasteiger partial charge in [-0.2, -0.15) is 0 Å². The third-order valence-corrected chi connectivity index (χ3v) is 3.22. The van der Waals surface area contributed by atoms with E-state index in [9.17, 15) is 4.79 Å². The molecule has 4 nitrogen and oxygen atoms in total. The maximum Gasteiger partial charge on any atom is 0.225 e. The van der Waals surface area contributed by atoms with Gasteiger partial charge in [0, 0.05) is 13.1 Å². The Morgan fingerprint density at radius 2 is 2.56 bits per heavy atom. The van der Waals surface area contributed by atoms with E-state index in [4.69, 9.17) is 4.74 Å². The van der Waals surface area contributed by atoms with Gasteiger partial charge in [-0.05, 0) is 26.3 Å². The monoisotopic (exact) mass is 224 g/mol. The summed E-state index contributed by atoms with van der Waals surface area (Å²) in [6, 6.07) is 0. The summed E-state index contributed by atoms with van der Waals surface area (Å²) in [6.45, 7) is 5.24. The molecule has 2 rings (SSSR count). The van der Waals surface area contributed by atoms with Crippen molar-refractivity contribution in [3.8, 4) is 0 Å². The molecule has 90 valence electrons. The second-order valence-corrected chi connectivity index (χ2v) is 4.61. The molecule has 2 aliphatic rings. The summed E-state index contributed by atoms with van der Waals surface area (Å²) < 4.78 is 5.39. The lowest BCUT2D eigenvalue weighted by molar-refractivity contribution is -0.124. The predicted octanol–water partition coefficient (Wildman–Crippen LogP) is 0.447. The molecule has 2 N–H and O–H groups in total. The average Bonchev–Trinajstić information content (AvgIpc) is 2.74. The first-order valence-electron chi connectivity index (χ1n) is 6.03. The van der Waals surface area contributed by atoms with Crippen molar-refractivity contribution in [2.24, 2.45) is 5.92 Å². The molecule has 4 heteroatoms. The molecule has 0 aromatic heterocycles. The van der Waals surface area contributed by atoms with Crippen molar-refractivity contribution in [3.63, 3.8) is 0 Å². The molecule has 2 aliphatic heterocycles. The molecule has 0 aromatic rings. The molecule has 0 aliphatic carbocycles. The van der Waals surface area contributed by atoms with Crippen LogP contribution in [-0.2, 0) is 9.53 Å². The van der Waals surface area contributed by atoms with Gasteiger partial charge in [0.25, 0.3) is 0 Å². The van der Waals surface area contributed by atoms with Crippen LogP contribution in [0.15, 0.2) is 11.6 Å². The van der Waals surface area contributed by atoms with E-state index in [1.807, 2.05) is 6.92 Å². The van der Waals surface area contributed by atoms with E-state index < -0.39 is 0 Å².